The normalized spacial score (nSPS) is 18.0. The van der Waals surface area contributed by atoms with Gasteiger partial charge >= 0.3 is 0 Å². The molecule has 0 fully saturated rings. The first kappa shape index (κ1) is 14.9. The maximum Gasteiger partial charge on any atom is 0.0366 e. The van der Waals surface area contributed by atoms with Gasteiger partial charge < -0.3 is 4.90 Å². The Labute approximate surface area is 124 Å². The van der Waals surface area contributed by atoms with Gasteiger partial charge in [-0.3, -0.25) is 0 Å². The van der Waals surface area contributed by atoms with E-state index in [0.717, 1.165) is 12.5 Å². The van der Waals surface area contributed by atoms with Gasteiger partial charge in [-0.25, -0.2) is 0 Å². The standard InChI is InChI=1S/C19H27N/c1-5-13-20(4)18-11-12-19(15(3)14-18)17-9-7-16(6-2)8-10-17/h7,9-12,14,16H,5-6,8,13H2,1-4H3. The second-order valence-corrected chi connectivity index (χ2v) is 5.84. The predicted molar refractivity (Wildman–Crippen MR) is 90.3 cm³/mol. The van der Waals surface area contributed by atoms with Crippen molar-refractivity contribution in [2.75, 3.05) is 18.5 Å². The van der Waals surface area contributed by atoms with Crippen LogP contribution in [0.3, 0.4) is 0 Å². The van der Waals surface area contributed by atoms with Gasteiger partial charge in [0.25, 0.3) is 0 Å². The van der Waals surface area contributed by atoms with E-state index in [2.05, 4.69) is 69.1 Å². The number of anilines is 1. The Hall–Kier alpha value is -1.50. The van der Waals surface area contributed by atoms with Crippen LogP contribution in [0.25, 0.3) is 5.57 Å². The topological polar surface area (TPSA) is 3.24 Å². The SMILES string of the molecule is CCCN(C)c1ccc(C2=CCC(CC)C=C2)c(C)c1. The van der Waals surface area contributed by atoms with E-state index in [-0.39, 0.29) is 0 Å². The maximum atomic E-state index is 2.39. The van der Waals surface area contributed by atoms with Crippen LogP contribution >= 0.6 is 0 Å². The third-order valence-corrected chi connectivity index (χ3v) is 4.23. The van der Waals surface area contributed by atoms with Crippen molar-refractivity contribution in [1.82, 2.24) is 0 Å². The molecule has 1 aromatic carbocycles. The van der Waals surface area contributed by atoms with Crippen molar-refractivity contribution in [2.24, 2.45) is 5.92 Å². The highest BCUT2D eigenvalue weighted by atomic mass is 15.1. The van der Waals surface area contributed by atoms with Crippen molar-refractivity contribution in [3.63, 3.8) is 0 Å². The average Bonchev–Trinajstić information content (AvgIpc) is 2.47. The highest BCUT2D eigenvalue weighted by Crippen LogP contribution is 2.29. The zero-order chi connectivity index (χ0) is 14.5. The molecular formula is C19H27N. The molecule has 1 unspecified atom stereocenters. The first-order chi connectivity index (χ1) is 9.65. The Morgan fingerprint density at radius 2 is 2.05 bits per heavy atom. The molecule has 1 heteroatoms. The van der Waals surface area contributed by atoms with E-state index in [4.69, 9.17) is 0 Å². The summed E-state index contributed by atoms with van der Waals surface area (Å²) in [7, 11) is 2.17. The van der Waals surface area contributed by atoms with Gasteiger partial charge in [-0.1, -0.05) is 38.1 Å². The van der Waals surface area contributed by atoms with Crippen LogP contribution in [-0.4, -0.2) is 13.6 Å². The Morgan fingerprint density at radius 3 is 2.60 bits per heavy atom. The highest BCUT2D eigenvalue weighted by Gasteiger charge is 2.10. The average molecular weight is 269 g/mol. The summed E-state index contributed by atoms with van der Waals surface area (Å²) in [5, 5.41) is 0. The Kier molecular flexibility index (Phi) is 5.05. The number of hydrogen-bond donors (Lipinski definition) is 0. The summed E-state index contributed by atoms with van der Waals surface area (Å²) in [6.07, 6.45) is 10.7. The van der Waals surface area contributed by atoms with Crippen LogP contribution in [-0.2, 0) is 0 Å². The minimum atomic E-state index is 0.731. The molecule has 2 rings (SSSR count). The third kappa shape index (κ3) is 3.33. The van der Waals surface area contributed by atoms with Crippen LogP contribution in [0.5, 0.6) is 0 Å². The molecule has 1 nitrogen and oxygen atoms in total. The Balaban J connectivity index is 2.19. The van der Waals surface area contributed by atoms with E-state index in [1.807, 2.05) is 0 Å². The second kappa shape index (κ2) is 6.78. The lowest BCUT2D eigenvalue weighted by Gasteiger charge is -2.21. The summed E-state index contributed by atoms with van der Waals surface area (Å²) < 4.78 is 0. The Morgan fingerprint density at radius 1 is 1.25 bits per heavy atom. The molecule has 0 saturated heterocycles. The summed E-state index contributed by atoms with van der Waals surface area (Å²) in [6.45, 7) is 7.82. The lowest BCUT2D eigenvalue weighted by molar-refractivity contribution is 0.634. The monoisotopic (exact) mass is 269 g/mol. The van der Waals surface area contributed by atoms with E-state index >= 15 is 0 Å². The predicted octanol–water partition coefficient (Wildman–Crippen LogP) is 5.21. The molecular weight excluding hydrogens is 242 g/mol. The molecule has 20 heavy (non-hydrogen) atoms. The molecule has 1 aromatic rings. The molecule has 0 aromatic heterocycles. The fraction of sp³-hybridized carbons (Fsp3) is 0.474. The fourth-order valence-corrected chi connectivity index (χ4v) is 2.84. The molecule has 108 valence electrons. The van der Waals surface area contributed by atoms with E-state index in [1.54, 1.807) is 0 Å². The number of benzene rings is 1. The number of aryl methyl sites for hydroxylation is 1. The minimum Gasteiger partial charge on any atom is -0.375 e. The van der Waals surface area contributed by atoms with Gasteiger partial charge in [0.05, 0.1) is 0 Å². The molecule has 0 amide bonds. The zero-order valence-electron chi connectivity index (χ0n) is 13.3. The van der Waals surface area contributed by atoms with Crippen molar-refractivity contribution in [3.05, 3.63) is 47.6 Å². The fourth-order valence-electron chi connectivity index (χ4n) is 2.84. The number of rotatable bonds is 5. The van der Waals surface area contributed by atoms with Crippen LogP contribution in [0, 0.1) is 12.8 Å². The van der Waals surface area contributed by atoms with Crippen LogP contribution in [0.15, 0.2) is 36.4 Å². The van der Waals surface area contributed by atoms with Crippen LogP contribution in [0.4, 0.5) is 5.69 Å². The van der Waals surface area contributed by atoms with E-state index < -0.39 is 0 Å². The second-order valence-electron chi connectivity index (χ2n) is 5.84. The van der Waals surface area contributed by atoms with Gasteiger partial charge in [0.2, 0.25) is 0 Å². The zero-order valence-corrected chi connectivity index (χ0v) is 13.3. The molecule has 1 aliphatic rings. The largest absolute Gasteiger partial charge is 0.375 e. The molecule has 0 aliphatic heterocycles. The highest BCUT2D eigenvalue weighted by molar-refractivity contribution is 5.78. The minimum absolute atomic E-state index is 0.731. The molecule has 0 saturated carbocycles. The molecule has 0 spiro atoms. The van der Waals surface area contributed by atoms with E-state index in [0.29, 0.717) is 0 Å². The molecule has 1 atom stereocenters. The van der Waals surface area contributed by atoms with Gasteiger partial charge in [0.15, 0.2) is 0 Å². The summed E-state index contributed by atoms with van der Waals surface area (Å²) >= 11 is 0. The molecule has 0 heterocycles. The summed E-state index contributed by atoms with van der Waals surface area (Å²) in [5.41, 5.74) is 5.46. The van der Waals surface area contributed by atoms with Gasteiger partial charge in [-0.05, 0) is 60.9 Å². The summed E-state index contributed by atoms with van der Waals surface area (Å²) in [4.78, 5) is 2.33. The van der Waals surface area contributed by atoms with Crippen molar-refractivity contribution < 1.29 is 0 Å². The third-order valence-electron chi connectivity index (χ3n) is 4.23. The van der Waals surface area contributed by atoms with Gasteiger partial charge in [-0.15, -0.1) is 0 Å². The van der Waals surface area contributed by atoms with Gasteiger partial charge in [-0.2, -0.15) is 0 Å². The first-order valence-electron chi connectivity index (χ1n) is 7.86. The van der Waals surface area contributed by atoms with E-state index in [1.165, 1.54) is 41.6 Å². The Bertz CT molecular complexity index is 510. The number of nitrogens with zero attached hydrogens (tertiary/aromatic N) is 1. The smallest absolute Gasteiger partial charge is 0.0366 e. The molecule has 1 aliphatic carbocycles. The first-order valence-corrected chi connectivity index (χ1v) is 7.86. The van der Waals surface area contributed by atoms with Crippen molar-refractivity contribution in [3.8, 4) is 0 Å². The van der Waals surface area contributed by atoms with Gasteiger partial charge in [0, 0.05) is 19.3 Å². The maximum absolute atomic E-state index is 2.39. The number of allylic oxidation sites excluding steroid dienone is 4. The van der Waals surface area contributed by atoms with Crippen molar-refractivity contribution in [2.45, 2.75) is 40.0 Å². The van der Waals surface area contributed by atoms with Crippen molar-refractivity contribution >= 4 is 11.3 Å². The molecule has 0 radical (unpaired) electrons. The van der Waals surface area contributed by atoms with Crippen molar-refractivity contribution in [1.29, 1.82) is 0 Å². The summed E-state index contributed by atoms with van der Waals surface area (Å²) in [5.74, 6) is 0.731. The molecule has 0 N–H and O–H groups in total. The molecule has 0 bridgehead atoms. The van der Waals surface area contributed by atoms with Crippen LogP contribution in [0.1, 0.15) is 44.2 Å². The quantitative estimate of drug-likeness (QED) is 0.709. The van der Waals surface area contributed by atoms with Crippen LogP contribution < -0.4 is 4.90 Å². The summed E-state index contributed by atoms with van der Waals surface area (Å²) in [6, 6.07) is 6.84. The lowest BCUT2D eigenvalue weighted by Crippen LogP contribution is -2.17. The van der Waals surface area contributed by atoms with E-state index in [9.17, 15) is 0 Å². The lowest BCUT2D eigenvalue weighted by atomic mass is 9.90. The number of hydrogen-bond acceptors (Lipinski definition) is 1. The van der Waals surface area contributed by atoms with Crippen LogP contribution in [0.2, 0.25) is 0 Å². The van der Waals surface area contributed by atoms with Gasteiger partial charge in [0.1, 0.15) is 0 Å².